The van der Waals surface area contributed by atoms with Gasteiger partial charge in [-0.2, -0.15) is 0 Å². The fourth-order valence-corrected chi connectivity index (χ4v) is 8.04. The molecule has 2 rings (SSSR count). The first kappa shape index (κ1) is 57.8. The Labute approximate surface area is 385 Å². The summed E-state index contributed by atoms with van der Waals surface area (Å²) >= 11 is 0. The number of cyclic esters (lactones) is 1. The highest BCUT2D eigenvalue weighted by molar-refractivity contribution is 7.47. The number of aliphatic hydroxyl groups excluding tert-OH is 6. The topological polar surface area (TPSA) is 247 Å². The Morgan fingerprint density at radius 2 is 1.49 bits per heavy atom. The van der Waals surface area contributed by atoms with E-state index in [2.05, 4.69) is 55.5 Å². The summed E-state index contributed by atoms with van der Waals surface area (Å²) in [5, 5.41) is 66.9. The van der Waals surface area contributed by atoms with E-state index in [0.717, 1.165) is 70.3 Å². The van der Waals surface area contributed by atoms with E-state index in [1.165, 1.54) is 18.2 Å². The van der Waals surface area contributed by atoms with Gasteiger partial charge in [0.15, 0.2) is 11.9 Å². The molecule has 0 aromatic carbocycles. The minimum absolute atomic E-state index is 0.0214. The van der Waals surface area contributed by atoms with E-state index in [0.29, 0.717) is 32.1 Å². The third-order valence-corrected chi connectivity index (χ3v) is 11.9. The number of unbranched alkanes of at least 4 members (excludes halogenated alkanes) is 6. The molecule has 1 unspecified atom stereocenters. The smallest absolute Gasteiger partial charge is 0.462 e. The number of rotatable bonds is 22. The molecule has 1 heterocycles. The van der Waals surface area contributed by atoms with Crippen molar-refractivity contribution in [2.45, 2.75) is 178 Å². The van der Waals surface area contributed by atoms with Crippen molar-refractivity contribution in [2.75, 3.05) is 13.2 Å². The molecule has 0 saturated heterocycles. The molecule has 7 N–H and O–H groups in total. The highest BCUT2D eigenvalue weighted by Gasteiger charge is 2.47. The molecular weight excluding hydrogens is 859 g/mol. The van der Waals surface area contributed by atoms with Gasteiger partial charge in [0.05, 0.1) is 30.8 Å². The summed E-state index contributed by atoms with van der Waals surface area (Å²) < 4.78 is 34.6. The zero-order valence-corrected chi connectivity index (χ0v) is 39.2. The molecule has 1 aliphatic heterocycles. The summed E-state index contributed by atoms with van der Waals surface area (Å²) in [7, 11) is -5.42. The molecule has 0 radical (unpaired) electrons. The Balaban J connectivity index is 2.10. The highest BCUT2D eigenvalue weighted by Crippen LogP contribution is 2.47. The SMILES string of the molecule is CC/C=C\C/C=C\C/C=C\C/C=C\CCCCCCC(=O)OC[C@@H]1COP(=O)(O)O[C@H]2[C@H](O)[C@@H](O)[C@H](O)[C@H](/C=C\C(=O)[C@H](/C=C/[C@@H](O)CCCCC)[C@@H](O)[C@H]2O)C/C=C\CCCC(=O)O1. The van der Waals surface area contributed by atoms with Crippen molar-refractivity contribution < 1.29 is 73.0 Å². The number of allylic oxidation sites excluding steroid dienone is 11. The second-order valence-electron chi connectivity index (χ2n) is 16.5. The van der Waals surface area contributed by atoms with Gasteiger partial charge in [-0.05, 0) is 76.7 Å². The van der Waals surface area contributed by atoms with Crippen LogP contribution in [0.1, 0.15) is 129 Å². The number of carbonyl (C=O) groups is 3. The van der Waals surface area contributed by atoms with Crippen molar-refractivity contribution in [3.05, 3.63) is 85.1 Å². The van der Waals surface area contributed by atoms with Crippen LogP contribution in [0.3, 0.4) is 0 Å². The number of esters is 2. The van der Waals surface area contributed by atoms with Gasteiger partial charge in [-0.3, -0.25) is 23.4 Å². The second-order valence-corrected chi connectivity index (χ2v) is 17.9. The molecule has 0 amide bonds. The molecule has 0 fully saturated rings. The minimum Gasteiger partial charge on any atom is -0.462 e. The predicted molar refractivity (Wildman–Crippen MR) is 248 cm³/mol. The van der Waals surface area contributed by atoms with E-state index in [1.807, 2.05) is 6.92 Å². The van der Waals surface area contributed by atoms with Crippen LogP contribution in [-0.2, 0) is 37.5 Å². The predicted octanol–water partition coefficient (Wildman–Crippen LogP) is 6.89. The average molecular weight is 937 g/mol. The molecule has 368 valence electrons. The molecule has 2 aliphatic rings. The number of hydrogen-bond acceptors (Lipinski definition) is 14. The summed E-state index contributed by atoms with van der Waals surface area (Å²) in [5.74, 6) is -4.68. The maximum absolute atomic E-state index is 13.5. The number of hydrogen-bond donors (Lipinski definition) is 7. The minimum atomic E-state index is -5.42. The summed E-state index contributed by atoms with van der Waals surface area (Å²) in [4.78, 5) is 49.9. The number of phosphoric ester groups is 1. The van der Waals surface area contributed by atoms with Crippen LogP contribution in [0.25, 0.3) is 0 Å². The largest absolute Gasteiger partial charge is 0.472 e. The summed E-state index contributed by atoms with van der Waals surface area (Å²) in [6.07, 6.45) is 21.2. The Morgan fingerprint density at radius 3 is 2.18 bits per heavy atom. The molecule has 0 aromatic rings. The van der Waals surface area contributed by atoms with E-state index in [1.54, 1.807) is 12.2 Å². The van der Waals surface area contributed by atoms with Crippen molar-refractivity contribution in [2.24, 2.45) is 11.8 Å². The van der Waals surface area contributed by atoms with Crippen molar-refractivity contribution in [3.8, 4) is 0 Å². The van der Waals surface area contributed by atoms with Gasteiger partial charge in [0.25, 0.3) is 0 Å². The van der Waals surface area contributed by atoms with E-state index in [4.69, 9.17) is 18.5 Å². The van der Waals surface area contributed by atoms with Crippen LogP contribution in [0.5, 0.6) is 0 Å². The molecular formula is C49H77O15P. The number of ketones is 1. The number of aliphatic hydroxyl groups is 6. The lowest BCUT2D eigenvalue weighted by Gasteiger charge is -2.36. The lowest BCUT2D eigenvalue weighted by atomic mass is 9.87. The molecule has 0 aromatic heterocycles. The average Bonchev–Trinajstić information content (AvgIpc) is 3.28. The van der Waals surface area contributed by atoms with Gasteiger partial charge in [0.1, 0.15) is 31.0 Å². The maximum atomic E-state index is 13.5. The molecule has 11 atom stereocenters. The summed E-state index contributed by atoms with van der Waals surface area (Å²) in [6.45, 7) is 2.71. The molecule has 0 saturated carbocycles. The van der Waals surface area contributed by atoms with Gasteiger partial charge in [-0.15, -0.1) is 0 Å². The van der Waals surface area contributed by atoms with Gasteiger partial charge < -0.3 is 45.0 Å². The van der Waals surface area contributed by atoms with Crippen LogP contribution < -0.4 is 0 Å². The third kappa shape index (κ3) is 24.8. The lowest BCUT2D eigenvalue weighted by molar-refractivity contribution is -0.164. The Bertz CT molecular complexity index is 1620. The molecule has 2 bridgehead atoms. The zero-order chi connectivity index (χ0) is 47.9. The lowest BCUT2D eigenvalue weighted by Crippen LogP contribution is -2.55. The van der Waals surface area contributed by atoms with Crippen LogP contribution in [0, 0.1) is 11.8 Å². The number of ether oxygens (including phenoxy) is 2. The van der Waals surface area contributed by atoms with Gasteiger partial charge in [0.2, 0.25) is 0 Å². The fourth-order valence-electron chi connectivity index (χ4n) is 7.07. The van der Waals surface area contributed by atoms with Crippen molar-refractivity contribution >= 4 is 25.5 Å². The summed E-state index contributed by atoms with van der Waals surface area (Å²) in [5.41, 5.74) is 0. The van der Waals surface area contributed by atoms with Gasteiger partial charge in [0, 0.05) is 18.8 Å². The highest BCUT2D eigenvalue weighted by atomic mass is 31.2. The normalized spacial score (nSPS) is 30.8. The van der Waals surface area contributed by atoms with Crippen molar-refractivity contribution in [3.63, 3.8) is 0 Å². The maximum Gasteiger partial charge on any atom is 0.472 e. The fraction of sp³-hybridized carbons (Fsp3) is 0.653. The molecule has 16 heteroatoms. The first-order valence-electron chi connectivity index (χ1n) is 23.4. The van der Waals surface area contributed by atoms with E-state index in [9.17, 15) is 54.5 Å². The number of fused-ring (bicyclic) bond motifs is 4. The Kier molecular flexibility index (Phi) is 30.2. The van der Waals surface area contributed by atoms with Crippen LogP contribution >= 0.6 is 7.82 Å². The van der Waals surface area contributed by atoms with Crippen LogP contribution in [0.4, 0.5) is 0 Å². The zero-order valence-electron chi connectivity index (χ0n) is 38.3. The Hall–Kier alpha value is -3.34. The van der Waals surface area contributed by atoms with Gasteiger partial charge >= 0.3 is 19.8 Å². The van der Waals surface area contributed by atoms with Crippen LogP contribution in [0.2, 0.25) is 0 Å². The Morgan fingerprint density at radius 1 is 0.831 bits per heavy atom. The molecule has 65 heavy (non-hydrogen) atoms. The van der Waals surface area contributed by atoms with Crippen molar-refractivity contribution in [1.29, 1.82) is 0 Å². The van der Waals surface area contributed by atoms with E-state index >= 15 is 0 Å². The quantitative estimate of drug-likeness (QED) is 0.0253. The van der Waals surface area contributed by atoms with Gasteiger partial charge in [-0.1, -0.05) is 125 Å². The first-order chi connectivity index (χ1) is 31.2. The first-order valence-corrected chi connectivity index (χ1v) is 24.9. The third-order valence-electron chi connectivity index (χ3n) is 11.0. The van der Waals surface area contributed by atoms with Gasteiger partial charge in [-0.25, -0.2) is 4.57 Å². The molecule has 15 nitrogen and oxygen atoms in total. The standard InChI is InChI=1S/C49H77O15P/c1-3-5-7-8-9-10-11-12-13-14-15-16-17-18-19-20-25-29-42(52)61-35-39-36-62-65(59,60)64-49-47(57)45(55)40(33-32-38(50)28-23-6-4-2)41(51)34-31-37(44(54)46(56)48(49)58)27-24-21-22-26-30-43(53)63-39/h5,7,9-10,12-13,15-16,21,24,31-34,37-40,44-50,54-58H,3-4,6,8,11,14,17-20,22-23,25-30,35-36H2,1-2H3,(H,59,60)/b7-5-,10-9-,13-12-,16-15-,24-21-,33-32+,34-31-/t37-,38-,39+,40-,44+,45+,46-,47+,48+,49+/m0/s1. The van der Waals surface area contributed by atoms with Crippen LogP contribution in [-0.4, -0.2) is 115 Å². The summed E-state index contributed by atoms with van der Waals surface area (Å²) in [6, 6.07) is 0. The molecule has 0 spiro atoms. The number of phosphoric acid groups is 1. The second kappa shape index (κ2) is 34.0. The van der Waals surface area contributed by atoms with Crippen LogP contribution in [0.15, 0.2) is 85.1 Å². The van der Waals surface area contributed by atoms with E-state index in [-0.39, 0.29) is 19.3 Å². The molecule has 1 aliphatic carbocycles. The van der Waals surface area contributed by atoms with E-state index < -0.39 is 99.4 Å². The monoisotopic (exact) mass is 937 g/mol. The van der Waals surface area contributed by atoms with Crippen molar-refractivity contribution in [1.82, 2.24) is 0 Å². The number of carbonyl (C=O) groups excluding carboxylic acids is 3.